The van der Waals surface area contributed by atoms with E-state index in [9.17, 15) is 9.59 Å². The van der Waals surface area contributed by atoms with E-state index in [-0.39, 0.29) is 12.2 Å². The molecule has 2 aliphatic heterocycles. The highest BCUT2D eigenvalue weighted by atomic mass is 16.8. The van der Waals surface area contributed by atoms with Gasteiger partial charge in [-0.05, 0) is 76.2 Å². The zero-order valence-corrected chi connectivity index (χ0v) is 19.9. The highest BCUT2D eigenvalue weighted by Crippen LogP contribution is 2.24. The van der Waals surface area contributed by atoms with Crippen LogP contribution < -0.4 is 9.47 Å². The lowest BCUT2D eigenvalue weighted by Gasteiger charge is -2.17. The third-order valence-electron chi connectivity index (χ3n) is 5.45. The summed E-state index contributed by atoms with van der Waals surface area (Å²) in [5, 5.41) is 0. The summed E-state index contributed by atoms with van der Waals surface area (Å²) in [6.07, 6.45) is -0.314. The van der Waals surface area contributed by atoms with Crippen LogP contribution in [0, 0.1) is 0 Å². The van der Waals surface area contributed by atoms with Gasteiger partial charge in [0.1, 0.15) is 36.9 Å². The van der Waals surface area contributed by atoms with Crippen LogP contribution in [0.25, 0.3) is 0 Å². The minimum atomic E-state index is -0.606. The number of ether oxygens (including phenoxy) is 6. The molecule has 8 heteroatoms. The molecule has 0 amide bonds. The topological polar surface area (TPSA) is 89.5 Å². The van der Waals surface area contributed by atoms with E-state index in [1.165, 1.54) is 0 Å². The molecule has 0 spiro atoms. The Kier molecular flexibility index (Phi) is 7.04. The van der Waals surface area contributed by atoms with Gasteiger partial charge in [0.05, 0.1) is 13.2 Å². The molecule has 0 bridgehead atoms. The van der Waals surface area contributed by atoms with Gasteiger partial charge in [-0.25, -0.2) is 0 Å². The average molecular weight is 471 g/mol. The van der Waals surface area contributed by atoms with Crippen molar-refractivity contribution in [2.75, 3.05) is 26.4 Å². The number of hydrogen-bond acceptors (Lipinski definition) is 8. The summed E-state index contributed by atoms with van der Waals surface area (Å²) in [6.45, 7) is 9.01. The van der Waals surface area contributed by atoms with Gasteiger partial charge in [-0.3, -0.25) is 9.59 Å². The predicted molar refractivity (Wildman–Crippen MR) is 122 cm³/mol. The van der Waals surface area contributed by atoms with Gasteiger partial charge in [0.2, 0.25) is 11.6 Å². The van der Waals surface area contributed by atoms with Crippen molar-refractivity contribution in [1.82, 2.24) is 0 Å². The number of benzene rings is 2. The van der Waals surface area contributed by atoms with E-state index in [0.717, 1.165) is 0 Å². The molecule has 8 nitrogen and oxygen atoms in total. The maximum absolute atomic E-state index is 12.7. The molecular weight excluding hydrogens is 440 g/mol. The summed E-state index contributed by atoms with van der Waals surface area (Å²) in [4.78, 5) is 25.3. The zero-order valence-electron chi connectivity index (χ0n) is 19.9. The zero-order chi connectivity index (χ0) is 24.3. The second kappa shape index (κ2) is 9.84. The van der Waals surface area contributed by atoms with Gasteiger partial charge in [0.15, 0.2) is 11.6 Å². The predicted octanol–water partition coefficient (Wildman–Crippen LogP) is 3.81. The molecule has 4 rings (SSSR count). The van der Waals surface area contributed by atoms with E-state index < -0.39 is 23.1 Å². The molecule has 2 aromatic rings. The maximum atomic E-state index is 12.7. The third-order valence-corrected chi connectivity index (χ3v) is 5.45. The SMILES string of the molecule is CC1(C)OCC(COc2ccc(C(=O)C(=O)c3ccc(OCC4COC(C)(C)O4)cc3)cc2)O1. The number of carbonyl (C=O) groups is 2. The first kappa shape index (κ1) is 24.3. The fourth-order valence-electron chi connectivity index (χ4n) is 3.74. The van der Waals surface area contributed by atoms with Gasteiger partial charge in [-0.1, -0.05) is 0 Å². The quantitative estimate of drug-likeness (QED) is 0.404. The summed E-state index contributed by atoms with van der Waals surface area (Å²) >= 11 is 0. The molecule has 182 valence electrons. The van der Waals surface area contributed by atoms with Crippen molar-refractivity contribution in [2.45, 2.75) is 51.5 Å². The van der Waals surface area contributed by atoms with Crippen LogP contribution in [-0.4, -0.2) is 61.8 Å². The Morgan fingerprint density at radius 2 is 1.06 bits per heavy atom. The molecule has 2 atom stereocenters. The summed E-state index contributed by atoms with van der Waals surface area (Å²) in [5.74, 6) is -1.23. The minimum Gasteiger partial charge on any atom is -0.491 e. The molecule has 0 radical (unpaired) electrons. The number of carbonyl (C=O) groups excluding carboxylic acids is 2. The lowest BCUT2D eigenvalue weighted by atomic mass is 10.0. The summed E-state index contributed by atoms with van der Waals surface area (Å²) < 4.78 is 33.9. The molecule has 2 unspecified atom stereocenters. The first-order chi connectivity index (χ1) is 16.1. The summed E-state index contributed by atoms with van der Waals surface area (Å²) in [7, 11) is 0. The summed E-state index contributed by atoms with van der Waals surface area (Å²) in [6, 6.07) is 13.0. The van der Waals surface area contributed by atoms with Crippen LogP contribution in [0.4, 0.5) is 0 Å². The third kappa shape index (κ3) is 6.21. The van der Waals surface area contributed by atoms with Gasteiger partial charge < -0.3 is 28.4 Å². The number of Topliss-reactive ketones (excluding diaryl/α,β-unsaturated/α-hetero) is 2. The smallest absolute Gasteiger partial charge is 0.233 e. The van der Waals surface area contributed by atoms with E-state index in [4.69, 9.17) is 28.4 Å². The van der Waals surface area contributed by atoms with Crippen molar-refractivity contribution >= 4 is 11.6 Å². The van der Waals surface area contributed by atoms with E-state index >= 15 is 0 Å². The Morgan fingerprint density at radius 3 is 1.35 bits per heavy atom. The van der Waals surface area contributed by atoms with Crippen LogP contribution in [0.15, 0.2) is 48.5 Å². The molecule has 0 aliphatic carbocycles. The summed E-state index contributed by atoms with van der Waals surface area (Å²) in [5.41, 5.74) is 0.584. The number of ketones is 2. The Morgan fingerprint density at radius 1 is 0.706 bits per heavy atom. The van der Waals surface area contributed by atoms with Crippen LogP contribution in [0.5, 0.6) is 11.5 Å². The standard InChI is InChI=1S/C26H30O8/c1-25(2)31-15-21(33-25)13-29-19-9-5-17(6-10-19)23(27)24(28)18-7-11-20(12-8-18)30-14-22-16-32-26(3,4)34-22/h5-12,21-22H,13-16H2,1-4H3. The van der Waals surface area contributed by atoms with Gasteiger partial charge in [-0.2, -0.15) is 0 Å². The lowest BCUT2D eigenvalue weighted by Crippen LogP contribution is -2.25. The first-order valence-corrected chi connectivity index (χ1v) is 11.3. The lowest BCUT2D eigenvalue weighted by molar-refractivity contribution is -0.141. The second-order valence-corrected chi connectivity index (χ2v) is 9.23. The van der Waals surface area contributed by atoms with Crippen molar-refractivity contribution in [3.8, 4) is 11.5 Å². The molecule has 0 N–H and O–H groups in total. The van der Waals surface area contributed by atoms with Crippen molar-refractivity contribution < 1.29 is 38.0 Å². The van der Waals surface area contributed by atoms with Gasteiger partial charge in [0.25, 0.3) is 0 Å². The highest BCUT2D eigenvalue weighted by Gasteiger charge is 2.34. The maximum Gasteiger partial charge on any atom is 0.233 e. The molecule has 2 saturated heterocycles. The van der Waals surface area contributed by atoms with Crippen molar-refractivity contribution in [2.24, 2.45) is 0 Å². The van der Waals surface area contributed by atoms with Gasteiger partial charge in [0, 0.05) is 11.1 Å². The van der Waals surface area contributed by atoms with E-state index in [1.807, 2.05) is 27.7 Å². The van der Waals surface area contributed by atoms with Crippen molar-refractivity contribution in [3.63, 3.8) is 0 Å². The Balaban J connectivity index is 1.27. The van der Waals surface area contributed by atoms with Crippen molar-refractivity contribution in [1.29, 1.82) is 0 Å². The number of rotatable bonds is 9. The molecule has 0 aromatic heterocycles. The van der Waals surface area contributed by atoms with Crippen LogP contribution in [0.2, 0.25) is 0 Å². The average Bonchev–Trinajstić information content (AvgIpc) is 3.36. The minimum absolute atomic E-state index is 0.157. The Labute approximate surface area is 199 Å². The fraction of sp³-hybridized carbons (Fsp3) is 0.462. The van der Waals surface area contributed by atoms with Gasteiger partial charge >= 0.3 is 0 Å². The van der Waals surface area contributed by atoms with Crippen LogP contribution in [0.1, 0.15) is 48.4 Å². The fourth-order valence-corrected chi connectivity index (χ4v) is 3.74. The van der Waals surface area contributed by atoms with Gasteiger partial charge in [-0.15, -0.1) is 0 Å². The Hall–Kier alpha value is -2.78. The van der Waals surface area contributed by atoms with E-state index in [2.05, 4.69) is 0 Å². The molecule has 2 fully saturated rings. The molecule has 2 aromatic carbocycles. The van der Waals surface area contributed by atoms with Crippen LogP contribution >= 0.6 is 0 Å². The molecule has 2 aliphatic rings. The molecule has 34 heavy (non-hydrogen) atoms. The monoisotopic (exact) mass is 470 g/mol. The molecule has 2 heterocycles. The van der Waals surface area contributed by atoms with Crippen LogP contribution in [-0.2, 0) is 18.9 Å². The van der Waals surface area contributed by atoms with Crippen LogP contribution in [0.3, 0.4) is 0 Å². The van der Waals surface area contributed by atoms with E-state index in [1.54, 1.807) is 48.5 Å². The molecule has 0 saturated carbocycles. The normalized spacial score (nSPS) is 22.9. The van der Waals surface area contributed by atoms with E-state index in [0.29, 0.717) is 49.1 Å². The first-order valence-electron chi connectivity index (χ1n) is 11.3. The van der Waals surface area contributed by atoms with Crippen molar-refractivity contribution in [3.05, 3.63) is 59.7 Å². The largest absolute Gasteiger partial charge is 0.491 e. The molecular formula is C26H30O8. The second-order valence-electron chi connectivity index (χ2n) is 9.23. The Bertz CT molecular complexity index is 927. The number of hydrogen-bond donors (Lipinski definition) is 0. The highest BCUT2D eigenvalue weighted by molar-refractivity contribution is 6.49.